The van der Waals surface area contributed by atoms with E-state index in [0.717, 1.165) is 29.5 Å². The quantitative estimate of drug-likeness (QED) is 0.760. The van der Waals surface area contributed by atoms with Crippen molar-refractivity contribution in [3.8, 4) is 11.8 Å². The van der Waals surface area contributed by atoms with Crippen LogP contribution in [0, 0.1) is 31.5 Å². The summed E-state index contributed by atoms with van der Waals surface area (Å²) in [5, 5.41) is 0. The van der Waals surface area contributed by atoms with Crippen LogP contribution in [0.15, 0.2) is 12.1 Å². The fraction of sp³-hybridized carbons (Fsp3) is 0.429. The zero-order chi connectivity index (χ0) is 12.1. The molecule has 0 saturated carbocycles. The van der Waals surface area contributed by atoms with E-state index in [1.165, 1.54) is 12.1 Å². The van der Waals surface area contributed by atoms with Crippen molar-refractivity contribution in [1.29, 1.82) is 0 Å². The molecule has 0 aliphatic carbocycles. The van der Waals surface area contributed by atoms with Crippen molar-refractivity contribution < 1.29 is 4.39 Å². The summed E-state index contributed by atoms with van der Waals surface area (Å²) in [6.07, 6.45) is 1.92. The third kappa shape index (κ3) is 3.36. The smallest absolute Gasteiger partial charge is 0.123 e. The van der Waals surface area contributed by atoms with Crippen LogP contribution >= 0.6 is 0 Å². The van der Waals surface area contributed by atoms with Gasteiger partial charge in [0.15, 0.2) is 0 Å². The fourth-order valence-electron chi connectivity index (χ4n) is 1.66. The Morgan fingerprint density at radius 3 is 2.38 bits per heavy atom. The predicted octanol–water partition coefficient (Wildman–Crippen LogP) is 2.92. The molecule has 0 heterocycles. The number of hydrogen-bond acceptors (Lipinski definition) is 1. The Morgan fingerprint density at radius 2 is 1.88 bits per heavy atom. The lowest BCUT2D eigenvalue weighted by atomic mass is 10.0. The highest BCUT2D eigenvalue weighted by molar-refractivity contribution is 5.47. The number of aryl methyl sites for hydroxylation is 2. The van der Waals surface area contributed by atoms with Crippen molar-refractivity contribution in [2.24, 2.45) is 5.73 Å². The van der Waals surface area contributed by atoms with Gasteiger partial charge in [-0.25, -0.2) is 4.39 Å². The lowest BCUT2D eigenvalue weighted by Gasteiger charge is -2.04. The molecule has 0 aromatic heterocycles. The lowest BCUT2D eigenvalue weighted by molar-refractivity contribution is 0.625. The van der Waals surface area contributed by atoms with Gasteiger partial charge in [0.05, 0.1) is 6.04 Å². The largest absolute Gasteiger partial charge is 0.318 e. The van der Waals surface area contributed by atoms with Gasteiger partial charge in [-0.05, 0) is 43.5 Å². The lowest BCUT2D eigenvalue weighted by Crippen LogP contribution is -2.16. The average Bonchev–Trinajstić information content (AvgIpc) is 2.16. The Kier molecular flexibility index (Phi) is 4.52. The number of nitrogens with two attached hydrogens (primary N) is 1. The minimum atomic E-state index is -0.210. The number of halogens is 1. The second kappa shape index (κ2) is 5.67. The van der Waals surface area contributed by atoms with Crippen LogP contribution in [0.2, 0.25) is 0 Å². The third-order valence-corrected chi connectivity index (χ3v) is 2.48. The Morgan fingerprint density at radius 1 is 1.31 bits per heavy atom. The molecular formula is C14H18FN. The second-order valence-corrected chi connectivity index (χ2v) is 4.08. The normalized spacial score (nSPS) is 11.8. The maximum Gasteiger partial charge on any atom is 0.123 e. The SMILES string of the molecule is CCCC(N)C#Cc1c(C)cc(F)cc1C. The van der Waals surface area contributed by atoms with E-state index in [9.17, 15) is 4.39 Å². The van der Waals surface area contributed by atoms with Gasteiger partial charge < -0.3 is 5.73 Å². The first-order valence-corrected chi connectivity index (χ1v) is 5.58. The van der Waals surface area contributed by atoms with Crippen molar-refractivity contribution in [3.63, 3.8) is 0 Å². The summed E-state index contributed by atoms with van der Waals surface area (Å²) in [6, 6.07) is 2.92. The van der Waals surface area contributed by atoms with Gasteiger partial charge in [0.1, 0.15) is 5.82 Å². The number of benzene rings is 1. The molecule has 0 amide bonds. The highest BCUT2D eigenvalue weighted by atomic mass is 19.1. The standard InChI is InChI=1S/C14H18FN/c1-4-5-13(16)6-7-14-10(2)8-12(15)9-11(14)3/h8-9,13H,4-5,16H2,1-3H3. The highest BCUT2D eigenvalue weighted by Gasteiger charge is 2.02. The van der Waals surface area contributed by atoms with Gasteiger partial charge in [-0.1, -0.05) is 25.2 Å². The van der Waals surface area contributed by atoms with Crippen molar-refractivity contribution in [3.05, 3.63) is 34.6 Å². The van der Waals surface area contributed by atoms with Gasteiger partial charge in [0, 0.05) is 5.56 Å². The van der Waals surface area contributed by atoms with Crippen molar-refractivity contribution in [1.82, 2.24) is 0 Å². The molecule has 0 aliphatic rings. The summed E-state index contributed by atoms with van der Waals surface area (Å²) in [4.78, 5) is 0. The molecule has 0 aliphatic heterocycles. The molecule has 1 atom stereocenters. The summed E-state index contributed by atoms with van der Waals surface area (Å²) in [7, 11) is 0. The summed E-state index contributed by atoms with van der Waals surface area (Å²) >= 11 is 0. The molecule has 2 N–H and O–H groups in total. The zero-order valence-electron chi connectivity index (χ0n) is 10.1. The van der Waals surface area contributed by atoms with E-state index in [0.29, 0.717) is 0 Å². The first-order chi connectivity index (χ1) is 7.54. The minimum absolute atomic E-state index is 0.0890. The molecule has 16 heavy (non-hydrogen) atoms. The van der Waals surface area contributed by atoms with Crippen LogP contribution in [0.5, 0.6) is 0 Å². The molecule has 1 nitrogen and oxygen atoms in total. The van der Waals surface area contributed by atoms with Gasteiger partial charge in [-0.3, -0.25) is 0 Å². The van der Waals surface area contributed by atoms with Crippen molar-refractivity contribution in [2.45, 2.75) is 39.7 Å². The minimum Gasteiger partial charge on any atom is -0.318 e. The monoisotopic (exact) mass is 219 g/mol. The van der Waals surface area contributed by atoms with Gasteiger partial charge in [-0.2, -0.15) is 0 Å². The van der Waals surface area contributed by atoms with E-state index in [4.69, 9.17) is 5.73 Å². The van der Waals surface area contributed by atoms with E-state index < -0.39 is 0 Å². The molecule has 1 aromatic rings. The second-order valence-electron chi connectivity index (χ2n) is 4.08. The maximum atomic E-state index is 13.1. The highest BCUT2D eigenvalue weighted by Crippen LogP contribution is 2.14. The molecule has 86 valence electrons. The van der Waals surface area contributed by atoms with E-state index >= 15 is 0 Å². The first-order valence-electron chi connectivity index (χ1n) is 5.58. The Hall–Kier alpha value is -1.33. The summed E-state index contributed by atoms with van der Waals surface area (Å²) in [5.41, 5.74) is 8.45. The van der Waals surface area contributed by atoms with Gasteiger partial charge in [0.25, 0.3) is 0 Å². The molecule has 0 radical (unpaired) electrons. The topological polar surface area (TPSA) is 26.0 Å². The summed E-state index contributed by atoms with van der Waals surface area (Å²) < 4.78 is 13.1. The molecule has 0 spiro atoms. The molecule has 1 unspecified atom stereocenters. The van der Waals surface area contributed by atoms with Crippen LogP contribution in [-0.4, -0.2) is 6.04 Å². The molecule has 2 heteroatoms. The molecule has 0 bridgehead atoms. The molecule has 1 rings (SSSR count). The van der Waals surface area contributed by atoms with Crippen LogP contribution in [-0.2, 0) is 0 Å². The molecule has 1 aromatic carbocycles. The summed E-state index contributed by atoms with van der Waals surface area (Å²) in [5.74, 6) is 5.85. The fourth-order valence-corrected chi connectivity index (χ4v) is 1.66. The van der Waals surface area contributed by atoms with E-state index in [1.807, 2.05) is 13.8 Å². The molecule has 0 saturated heterocycles. The molecule has 0 fully saturated rings. The Bertz CT molecular complexity index is 403. The van der Waals surface area contributed by atoms with Gasteiger partial charge >= 0.3 is 0 Å². The molecular weight excluding hydrogens is 201 g/mol. The number of hydrogen-bond donors (Lipinski definition) is 1. The van der Waals surface area contributed by atoms with Crippen LogP contribution < -0.4 is 5.73 Å². The Labute approximate surface area is 96.9 Å². The van der Waals surface area contributed by atoms with Crippen LogP contribution in [0.3, 0.4) is 0 Å². The Balaban J connectivity index is 2.97. The van der Waals surface area contributed by atoms with E-state index in [2.05, 4.69) is 18.8 Å². The van der Waals surface area contributed by atoms with Gasteiger partial charge in [-0.15, -0.1) is 0 Å². The van der Waals surface area contributed by atoms with E-state index in [1.54, 1.807) is 0 Å². The predicted molar refractivity (Wildman–Crippen MR) is 65.6 cm³/mol. The maximum absolute atomic E-state index is 13.1. The summed E-state index contributed by atoms with van der Waals surface area (Å²) in [6.45, 7) is 5.81. The van der Waals surface area contributed by atoms with Crippen LogP contribution in [0.25, 0.3) is 0 Å². The van der Waals surface area contributed by atoms with Crippen molar-refractivity contribution in [2.75, 3.05) is 0 Å². The first kappa shape index (κ1) is 12.7. The third-order valence-electron chi connectivity index (χ3n) is 2.48. The zero-order valence-corrected chi connectivity index (χ0v) is 10.1. The van der Waals surface area contributed by atoms with Crippen molar-refractivity contribution >= 4 is 0 Å². The average molecular weight is 219 g/mol. The number of rotatable bonds is 2. The van der Waals surface area contributed by atoms with Crippen LogP contribution in [0.1, 0.15) is 36.5 Å². The van der Waals surface area contributed by atoms with Crippen LogP contribution in [0.4, 0.5) is 4.39 Å². The van der Waals surface area contributed by atoms with E-state index in [-0.39, 0.29) is 11.9 Å². The van der Waals surface area contributed by atoms with Gasteiger partial charge in [0.2, 0.25) is 0 Å².